The predicted octanol–water partition coefficient (Wildman–Crippen LogP) is 9.87. The summed E-state index contributed by atoms with van der Waals surface area (Å²) >= 11 is 0. The van der Waals surface area contributed by atoms with Gasteiger partial charge in [0.1, 0.15) is 19.8 Å². The van der Waals surface area contributed by atoms with Crippen LogP contribution in [0, 0.1) is 11.8 Å². The normalized spacial score (nSPS) is 13.2. The molecule has 0 bridgehead atoms. The second kappa shape index (κ2) is 35.9. The summed E-state index contributed by atoms with van der Waals surface area (Å²) < 4.78 is 16.4. The third-order valence-corrected chi connectivity index (χ3v) is 8.91. The smallest absolute Gasteiger partial charge is 0.310 e. The molecule has 8 nitrogen and oxygen atoms in total. The van der Waals surface area contributed by atoms with Crippen molar-refractivity contribution in [3.8, 4) is 0 Å². The molecule has 296 valence electrons. The SMILES string of the molecule is CCCCCC/C=C\COC(=O)CC(C)CN(CCCN(C)CCC(=O)OC/C=C/CCCCCC)CC(C)C(=O)OC/C=C\CCCCCC. The van der Waals surface area contributed by atoms with Gasteiger partial charge in [0.25, 0.3) is 0 Å². The standard InChI is InChI=1S/C43H78N2O6/c1-7-10-13-16-19-22-25-33-49-41(46)29-32-44(6)30-28-31-45(38-40(5)43(48)51-35-27-24-21-18-15-12-9-3)37-39(4)36-42(47)50-34-26-23-20-17-14-11-8-2/h22-27,39-40H,7-21,28-38H2,1-6H3/b25-22+,26-23-,27-24-. The predicted molar refractivity (Wildman–Crippen MR) is 213 cm³/mol. The molecule has 0 rings (SSSR count). The van der Waals surface area contributed by atoms with Gasteiger partial charge in [-0.15, -0.1) is 0 Å². The molecule has 2 atom stereocenters. The molecule has 0 aromatic carbocycles. The molecule has 0 heterocycles. The maximum absolute atomic E-state index is 12.8. The van der Waals surface area contributed by atoms with E-state index in [1.807, 2.05) is 32.2 Å². The first-order chi connectivity index (χ1) is 24.7. The van der Waals surface area contributed by atoms with Crippen LogP contribution in [0.2, 0.25) is 0 Å². The molecule has 0 N–H and O–H groups in total. The lowest BCUT2D eigenvalue weighted by molar-refractivity contribution is -0.148. The van der Waals surface area contributed by atoms with Crippen LogP contribution in [0.1, 0.15) is 150 Å². The van der Waals surface area contributed by atoms with Gasteiger partial charge in [-0.2, -0.15) is 0 Å². The fraction of sp³-hybridized carbons (Fsp3) is 0.791. The minimum Gasteiger partial charge on any atom is -0.461 e. The summed E-state index contributed by atoms with van der Waals surface area (Å²) in [5, 5.41) is 0. The van der Waals surface area contributed by atoms with E-state index in [9.17, 15) is 14.4 Å². The topological polar surface area (TPSA) is 85.4 Å². The third kappa shape index (κ3) is 33.2. The van der Waals surface area contributed by atoms with Crippen LogP contribution in [0.5, 0.6) is 0 Å². The fourth-order valence-electron chi connectivity index (χ4n) is 5.78. The summed E-state index contributed by atoms with van der Waals surface area (Å²) in [6.07, 6.45) is 31.5. The number of allylic oxidation sites excluding steroid dienone is 3. The Bertz CT molecular complexity index is 933. The van der Waals surface area contributed by atoms with Crippen LogP contribution in [-0.2, 0) is 28.6 Å². The first-order valence-corrected chi connectivity index (χ1v) is 20.6. The quantitative estimate of drug-likeness (QED) is 0.0277. The van der Waals surface area contributed by atoms with Gasteiger partial charge in [0.05, 0.1) is 12.3 Å². The molecule has 0 radical (unpaired) electrons. The van der Waals surface area contributed by atoms with Crippen molar-refractivity contribution in [2.45, 2.75) is 150 Å². The summed E-state index contributed by atoms with van der Waals surface area (Å²) in [6.45, 7) is 15.0. The van der Waals surface area contributed by atoms with E-state index >= 15 is 0 Å². The Balaban J connectivity index is 4.79. The average Bonchev–Trinajstić information content (AvgIpc) is 3.10. The lowest BCUT2D eigenvalue weighted by Crippen LogP contribution is -2.38. The van der Waals surface area contributed by atoms with Gasteiger partial charge in [-0.05, 0) is 71.0 Å². The first kappa shape index (κ1) is 48.5. The molecule has 0 aromatic rings. The van der Waals surface area contributed by atoms with Crippen molar-refractivity contribution in [3.63, 3.8) is 0 Å². The number of unbranched alkanes of at least 4 members (excludes halogenated alkanes) is 12. The molecular weight excluding hydrogens is 640 g/mol. The van der Waals surface area contributed by atoms with Gasteiger partial charge in [-0.3, -0.25) is 14.4 Å². The van der Waals surface area contributed by atoms with Gasteiger partial charge in [0.15, 0.2) is 0 Å². The zero-order valence-corrected chi connectivity index (χ0v) is 33.8. The lowest BCUT2D eigenvalue weighted by atomic mass is 10.1. The van der Waals surface area contributed by atoms with E-state index in [2.05, 4.69) is 55.7 Å². The van der Waals surface area contributed by atoms with Crippen LogP contribution >= 0.6 is 0 Å². The molecule has 0 aliphatic carbocycles. The molecule has 51 heavy (non-hydrogen) atoms. The van der Waals surface area contributed by atoms with Crippen molar-refractivity contribution in [1.29, 1.82) is 0 Å². The number of esters is 3. The van der Waals surface area contributed by atoms with Crippen LogP contribution in [0.3, 0.4) is 0 Å². The van der Waals surface area contributed by atoms with Gasteiger partial charge in [-0.25, -0.2) is 0 Å². The van der Waals surface area contributed by atoms with Crippen molar-refractivity contribution in [1.82, 2.24) is 9.80 Å². The Hall–Kier alpha value is -2.45. The number of carbonyl (C=O) groups excluding carboxylic acids is 3. The van der Waals surface area contributed by atoms with E-state index in [-0.39, 0.29) is 29.7 Å². The molecule has 0 aliphatic rings. The van der Waals surface area contributed by atoms with Crippen LogP contribution < -0.4 is 0 Å². The number of ether oxygens (including phenoxy) is 3. The van der Waals surface area contributed by atoms with E-state index in [1.165, 1.54) is 77.0 Å². The second-order valence-corrected chi connectivity index (χ2v) is 14.3. The van der Waals surface area contributed by atoms with Crippen molar-refractivity contribution in [2.75, 3.05) is 59.6 Å². The van der Waals surface area contributed by atoms with Crippen LogP contribution in [0.15, 0.2) is 36.5 Å². The average molecular weight is 719 g/mol. The monoisotopic (exact) mass is 719 g/mol. The molecule has 0 fully saturated rings. The van der Waals surface area contributed by atoms with E-state index in [0.29, 0.717) is 52.3 Å². The summed E-state index contributed by atoms with van der Waals surface area (Å²) in [6, 6.07) is 0. The minimum absolute atomic E-state index is 0.0762. The highest BCUT2D eigenvalue weighted by Gasteiger charge is 2.21. The Morgan fingerprint density at radius 2 is 1.04 bits per heavy atom. The molecule has 0 aliphatic heterocycles. The lowest BCUT2D eigenvalue weighted by Gasteiger charge is -2.28. The zero-order valence-electron chi connectivity index (χ0n) is 33.8. The fourth-order valence-corrected chi connectivity index (χ4v) is 5.78. The second-order valence-electron chi connectivity index (χ2n) is 14.3. The van der Waals surface area contributed by atoms with E-state index < -0.39 is 0 Å². The Labute approximate surface area is 313 Å². The van der Waals surface area contributed by atoms with Crippen LogP contribution in [-0.4, -0.2) is 87.3 Å². The summed E-state index contributed by atoms with van der Waals surface area (Å²) in [7, 11) is 2.02. The summed E-state index contributed by atoms with van der Waals surface area (Å²) in [5.74, 6) is -0.789. The van der Waals surface area contributed by atoms with Gasteiger partial charge in [-0.1, -0.05) is 129 Å². The maximum Gasteiger partial charge on any atom is 0.310 e. The zero-order chi connectivity index (χ0) is 37.8. The van der Waals surface area contributed by atoms with Crippen LogP contribution in [0.25, 0.3) is 0 Å². The minimum atomic E-state index is -0.289. The Kier molecular flexibility index (Phi) is 34.2. The highest BCUT2D eigenvalue weighted by molar-refractivity contribution is 5.72. The van der Waals surface area contributed by atoms with Crippen molar-refractivity contribution in [2.24, 2.45) is 11.8 Å². The molecule has 0 amide bonds. The summed E-state index contributed by atoms with van der Waals surface area (Å²) in [4.78, 5) is 42.0. The largest absolute Gasteiger partial charge is 0.461 e. The van der Waals surface area contributed by atoms with Crippen molar-refractivity contribution < 1.29 is 28.6 Å². The first-order valence-electron chi connectivity index (χ1n) is 20.6. The Morgan fingerprint density at radius 3 is 1.55 bits per heavy atom. The number of rotatable bonds is 35. The van der Waals surface area contributed by atoms with E-state index in [1.54, 1.807) is 0 Å². The van der Waals surface area contributed by atoms with Gasteiger partial charge in [0, 0.05) is 26.1 Å². The summed E-state index contributed by atoms with van der Waals surface area (Å²) in [5.41, 5.74) is 0. The van der Waals surface area contributed by atoms with Gasteiger partial charge in [0.2, 0.25) is 0 Å². The third-order valence-electron chi connectivity index (χ3n) is 8.91. The van der Waals surface area contributed by atoms with Crippen molar-refractivity contribution >= 4 is 17.9 Å². The number of carbonyl (C=O) groups is 3. The van der Waals surface area contributed by atoms with Crippen molar-refractivity contribution in [3.05, 3.63) is 36.5 Å². The molecule has 0 aromatic heterocycles. The van der Waals surface area contributed by atoms with E-state index in [0.717, 1.165) is 38.8 Å². The van der Waals surface area contributed by atoms with E-state index in [4.69, 9.17) is 14.2 Å². The molecule has 8 heteroatoms. The Morgan fingerprint density at radius 1 is 0.549 bits per heavy atom. The van der Waals surface area contributed by atoms with Gasteiger partial charge >= 0.3 is 17.9 Å². The maximum atomic E-state index is 12.8. The number of hydrogen-bond donors (Lipinski definition) is 0. The molecule has 0 saturated heterocycles. The number of nitrogens with zero attached hydrogens (tertiary/aromatic N) is 2. The van der Waals surface area contributed by atoms with Crippen LogP contribution in [0.4, 0.5) is 0 Å². The highest BCUT2D eigenvalue weighted by atomic mass is 16.5. The number of hydrogen-bond acceptors (Lipinski definition) is 8. The molecule has 0 spiro atoms. The molecule has 2 unspecified atom stereocenters. The molecule has 0 saturated carbocycles. The van der Waals surface area contributed by atoms with Gasteiger partial charge < -0.3 is 24.0 Å². The highest BCUT2D eigenvalue weighted by Crippen LogP contribution is 2.12. The molecular formula is C43H78N2O6.